The van der Waals surface area contributed by atoms with Crippen LogP contribution in [0.15, 0.2) is 11.6 Å². The van der Waals surface area contributed by atoms with Crippen LogP contribution in [0.1, 0.15) is 119 Å². The van der Waals surface area contributed by atoms with Gasteiger partial charge >= 0.3 is 0 Å². The summed E-state index contributed by atoms with van der Waals surface area (Å²) in [5, 5.41) is 10.0. The summed E-state index contributed by atoms with van der Waals surface area (Å²) < 4.78 is 5.97. The molecule has 3 saturated carbocycles. The second kappa shape index (κ2) is 9.96. The number of fused-ring (bicyclic) bond motifs is 5. The summed E-state index contributed by atoms with van der Waals surface area (Å²) in [5.41, 5.74) is 2.60. The standard InChI is InChI=1S/C31H54O2/c1-8-29(32)33-24-15-17-30(6)23(19-24)11-12-25-27-14-13-26(31(27,7)18-16-28(25)30)22(5)10-9-21(4)20(2)3/h11,20-22,24-29,32H,8-10,12-19H2,1-7H3/t21-,22-,24+,25+,26-,27+,28+,29?,30+,31-/m1/s1. The van der Waals surface area contributed by atoms with Crippen molar-refractivity contribution in [3.05, 3.63) is 11.6 Å². The van der Waals surface area contributed by atoms with Gasteiger partial charge in [-0.25, -0.2) is 0 Å². The highest BCUT2D eigenvalue weighted by atomic mass is 16.6. The van der Waals surface area contributed by atoms with E-state index >= 15 is 0 Å². The fourth-order valence-electron chi connectivity index (χ4n) is 9.10. The van der Waals surface area contributed by atoms with Gasteiger partial charge in [-0.3, -0.25) is 0 Å². The molecule has 0 aromatic rings. The second-order valence-corrected chi connectivity index (χ2v) is 13.6. The molecule has 4 rings (SSSR count). The maximum atomic E-state index is 10.0. The van der Waals surface area contributed by atoms with Crippen LogP contribution in [0.3, 0.4) is 0 Å². The van der Waals surface area contributed by atoms with E-state index in [0.29, 0.717) is 17.3 Å². The number of allylic oxidation sites excluding steroid dienone is 1. The smallest absolute Gasteiger partial charge is 0.154 e. The van der Waals surface area contributed by atoms with Gasteiger partial charge < -0.3 is 9.84 Å². The minimum atomic E-state index is -0.590. The Morgan fingerprint density at radius 1 is 1.00 bits per heavy atom. The maximum absolute atomic E-state index is 10.0. The predicted molar refractivity (Wildman–Crippen MR) is 139 cm³/mol. The normalized spacial score (nSPS) is 43.3. The Balaban J connectivity index is 1.45. The molecule has 1 N–H and O–H groups in total. The molecule has 10 atom stereocenters. The molecule has 4 aliphatic carbocycles. The minimum absolute atomic E-state index is 0.217. The zero-order valence-electron chi connectivity index (χ0n) is 22.9. The van der Waals surface area contributed by atoms with E-state index in [1.165, 1.54) is 51.4 Å². The van der Waals surface area contributed by atoms with E-state index in [4.69, 9.17) is 4.74 Å². The van der Waals surface area contributed by atoms with E-state index in [1.54, 1.807) is 5.57 Å². The number of aliphatic hydroxyl groups excluding tert-OH is 1. The molecule has 0 amide bonds. The van der Waals surface area contributed by atoms with Crippen molar-refractivity contribution in [2.24, 2.45) is 52.3 Å². The molecule has 0 aromatic carbocycles. The van der Waals surface area contributed by atoms with Crippen molar-refractivity contribution in [3.8, 4) is 0 Å². The Hall–Kier alpha value is -0.340. The fraction of sp³-hybridized carbons (Fsp3) is 0.935. The van der Waals surface area contributed by atoms with Crippen LogP contribution >= 0.6 is 0 Å². The average Bonchev–Trinajstić information content (AvgIpc) is 3.14. The number of ether oxygens (including phenoxy) is 1. The van der Waals surface area contributed by atoms with Gasteiger partial charge in [-0.05, 0) is 110 Å². The van der Waals surface area contributed by atoms with E-state index in [0.717, 1.165) is 54.3 Å². The molecule has 1 unspecified atom stereocenters. The van der Waals surface area contributed by atoms with Crippen LogP contribution in [0.25, 0.3) is 0 Å². The van der Waals surface area contributed by atoms with Gasteiger partial charge in [0.1, 0.15) is 0 Å². The van der Waals surface area contributed by atoms with Crippen LogP contribution in [-0.2, 0) is 4.74 Å². The molecule has 0 spiro atoms. The molecule has 33 heavy (non-hydrogen) atoms. The van der Waals surface area contributed by atoms with Crippen molar-refractivity contribution in [2.45, 2.75) is 131 Å². The van der Waals surface area contributed by atoms with E-state index in [9.17, 15) is 5.11 Å². The summed E-state index contributed by atoms with van der Waals surface area (Å²) in [5.74, 6) is 6.16. The van der Waals surface area contributed by atoms with Crippen LogP contribution < -0.4 is 0 Å². The molecule has 0 heterocycles. The van der Waals surface area contributed by atoms with Crippen LogP contribution in [0.2, 0.25) is 0 Å². The zero-order valence-corrected chi connectivity index (χ0v) is 22.9. The van der Waals surface area contributed by atoms with Crippen molar-refractivity contribution in [1.82, 2.24) is 0 Å². The van der Waals surface area contributed by atoms with Crippen molar-refractivity contribution < 1.29 is 9.84 Å². The lowest BCUT2D eigenvalue weighted by atomic mass is 9.47. The molecule has 0 radical (unpaired) electrons. The van der Waals surface area contributed by atoms with Crippen molar-refractivity contribution in [1.29, 1.82) is 0 Å². The summed E-state index contributed by atoms with van der Waals surface area (Å²) in [6.45, 7) is 17.1. The number of hydrogen-bond acceptors (Lipinski definition) is 2. The first kappa shape index (κ1) is 25.7. The molecule has 0 saturated heterocycles. The Morgan fingerprint density at radius 2 is 1.76 bits per heavy atom. The lowest BCUT2D eigenvalue weighted by Gasteiger charge is -2.58. The van der Waals surface area contributed by atoms with Gasteiger partial charge in [0, 0.05) is 0 Å². The van der Waals surface area contributed by atoms with Gasteiger partial charge in [-0.1, -0.05) is 73.0 Å². The third kappa shape index (κ3) is 4.74. The molecule has 190 valence electrons. The van der Waals surface area contributed by atoms with Gasteiger partial charge in [-0.2, -0.15) is 0 Å². The number of hydrogen-bond donors (Lipinski definition) is 1. The van der Waals surface area contributed by atoms with Crippen molar-refractivity contribution in [2.75, 3.05) is 0 Å². The zero-order chi connectivity index (χ0) is 24.0. The molecule has 0 bridgehead atoms. The summed E-state index contributed by atoms with van der Waals surface area (Å²) in [6.07, 6.45) is 16.3. The SMILES string of the molecule is CCC(O)O[C@H]1CC[C@@]2(C)C(=CC[C@H]3[C@@H]4CC[C@H]([C@H](C)CC[C@@H](C)C(C)C)[C@@]4(C)CC[C@@H]32)C1. The van der Waals surface area contributed by atoms with E-state index < -0.39 is 6.29 Å². The van der Waals surface area contributed by atoms with Gasteiger partial charge in [0.05, 0.1) is 6.10 Å². The number of rotatable bonds is 8. The molecule has 4 aliphatic rings. The monoisotopic (exact) mass is 458 g/mol. The highest BCUT2D eigenvalue weighted by molar-refractivity contribution is 5.25. The Labute approximate surface area is 205 Å². The first-order chi connectivity index (χ1) is 15.6. The summed E-state index contributed by atoms with van der Waals surface area (Å²) in [6, 6.07) is 0. The van der Waals surface area contributed by atoms with E-state index in [1.807, 2.05) is 6.92 Å². The fourth-order valence-corrected chi connectivity index (χ4v) is 9.10. The number of aliphatic hydroxyl groups is 1. The predicted octanol–water partition coefficient (Wildman–Crippen LogP) is 8.39. The van der Waals surface area contributed by atoms with Crippen LogP contribution in [0.5, 0.6) is 0 Å². The Kier molecular flexibility index (Phi) is 7.77. The maximum Gasteiger partial charge on any atom is 0.154 e. The van der Waals surface area contributed by atoms with Crippen LogP contribution in [0.4, 0.5) is 0 Å². The molecular formula is C31H54O2. The lowest BCUT2D eigenvalue weighted by molar-refractivity contribution is -0.150. The molecule has 2 heteroatoms. The van der Waals surface area contributed by atoms with E-state index in [-0.39, 0.29) is 6.10 Å². The molecule has 0 aromatic heterocycles. The van der Waals surface area contributed by atoms with Crippen LogP contribution in [-0.4, -0.2) is 17.5 Å². The second-order valence-electron chi connectivity index (χ2n) is 13.6. The van der Waals surface area contributed by atoms with Gasteiger partial charge in [0.25, 0.3) is 0 Å². The molecular weight excluding hydrogens is 404 g/mol. The highest BCUT2D eigenvalue weighted by Crippen LogP contribution is 2.67. The third-order valence-electron chi connectivity index (χ3n) is 11.7. The third-order valence-corrected chi connectivity index (χ3v) is 11.7. The van der Waals surface area contributed by atoms with Crippen molar-refractivity contribution >= 4 is 0 Å². The average molecular weight is 459 g/mol. The van der Waals surface area contributed by atoms with Crippen molar-refractivity contribution in [3.63, 3.8) is 0 Å². The molecule has 0 aliphatic heterocycles. The quantitative estimate of drug-likeness (QED) is 0.292. The largest absolute Gasteiger partial charge is 0.368 e. The molecule has 2 nitrogen and oxygen atoms in total. The minimum Gasteiger partial charge on any atom is -0.368 e. The topological polar surface area (TPSA) is 29.5 Å². The highest BCUT2D eigenvalue weighted by Gasteiger charge is 2.59. The first-order valence-electron chi connectivity index (χ1n) is 14.6. The van der Waals surface area contributed by atoms with E-state index in [2.05, 4.69) is 47.6 Å². The van der Waals surface area contributed by atoms with Gasteiger partial charge in [0.2, 0.25) is 0 Å². The Morgan fingerprint density at radius 3 is 2.45 bits per heavy atom. The van der Waals surface area contributed by atoms with Gasteiger partial charge in [-0.15, -0.1) is 0 Å². The summed E-state index contributed by atoms with van der Waals surface area (Å²) in [7, 11) is 0. The Bertz CT molecular complexity index is 697. The summed E-state index contributed by atoms with van der Waals surface area (Å²) >= 11 is 0. The summed E-state index contributed by atoms with van der Waals surface area (Å²) in [4.78, 5) is 0. The first-order valence-corrected chi connectivity index (χ1v) is 14.6. The molecule has 3 fully saturated rings. The van der Waals surface area contributed by atoms with Gasteiger partial charge in [0.15, 0.2) is 6.29 Å². The van der Waals surface area contributed by atoms with Crippen LogP contribution in [0, 0.1) is 52.3 Å². The lowest BCUT2D eigenvalue weighted by Crippen LogP contribution is -2.51.